The molecule has 0 aliphatic heterocycles. The molecule has 0 spiro atoms. The van der Waals surface area contributed by atoms with Crippen LogP contribution in [0.25, 0.3) is 109 Å². The minimum atomic E-state index is 0.615. The van der Waals surface area contributed by atoms with Crippen LogP contribution >= 0.6 is 11.3 Å². The molecule has 0 atom stereocenters. The predicted octanol–water partition coefficient (Wildman–Crippen LogP) is 12.9. The maximum absolute atomic E-state index is 5.20. The normalized spacial score (nSPS) is 11.8. The molecule has 53 heavy (non-hydrogen) atoms. The highest BCUT2D eigenvalue weighted by molar-refractivity contribution is 7.26. The standard InChI is InChI=1S/C48H28N4S/c1-2-10-29(11-3-1)30-18-20-31(21-19-30)46-50-47(32-24-26-49-27-25-32)52-48(51-46)40-28-42-44(38-17-9-7-15-36(38)40)45-41(53-42)23-22-39-35-14-5-4-12-33(35)34-13-6-8-16-37(34)43(39)45/h1-28H. The molecular formula is C48H28N4S. The van der Waals surface area contributed by atoms with Gasteiger partial charge in [0, 0.05) is 49.3 Å². The lowest BCUT2D eigenvalue weighted by molar-refractivity contribution is 1.07. The first-order chi connectivity index (χ1) is 26.3. The Morgan fingerprint density at radius 1 is 0.321 bits per heavy atom. The Bertz CT molecular complexity index is 3170. The first-order valence-corrected chi connectivity index (χ1v) is 18.5. The van der Waals surface area contributed by atoms with Crippen molar-refractivity contribution in [3.63, 3.8) is 0 Å². The lowest BCUT2D eigenvalue weighted by Crippen LogP contribution is -2.00. The van der Waals surface area contributed by atoms with Gasteiger partial charge in [-0.05, 0) is 78.5 Å². The van der Waals surface area contributed by atoms with E-state index >= 15 is 0 Å². The molecular weight excluding hydrogens is 665 g/mol. The van der Waals surface area contributed by atoms with E-state index in [1.165, 1.54) is 63.4 Å². The van der Waals surface area contributed by atoms with Crippen molar-refractivity contribution in [1.29, 1.82) is 0 Å². The van der Waals surface area contributed by atoms with Gasteiger partial charge in [-0.15, -0.1) is 11.3 Å². The lowest BCUT2D eigenvalue weighted by Gasteiger charge is -2.13. The number of pyridine rings is 1. The van der Waals surface area contributed by atoms with Crippen LogP contribution in [0.1, 0.15) is 0 Å². The minimum Gasteiger partial charge on any atom is -0.265 e. The predicted molar refractivity (Wildman–Crippen MR) is 222 cm³/mol. The second kappa shape index (κ2) is 11.9. The van der Waals surface area contributed by atoms with Crippen LogP contribution in [0.15, 0.2) is 170 Å². The Kier molecular flexibility index (Phi) is 6.69. The number of hydrogen-bond acceptors (Lipinski definition) is 5. The maximum Gasteiger partial charge on any atom is 0.164 e. The van der Waals surface area contributed by atoms with E-state index in [-0.39, 0.29) is 0 Å². The van der Waals surface area contributed by atoms with Gasteiger partial charge in [0.25, 0.3) is 0 Å². The maximum atomic E-state index is 5.20. The van der Waals surface area contributed by atoms with Crippen LogP contribution in [0.5, 0.6) is 0 Å². The highest BCUT2D eigenvalue weighted by Crippen LogP contribution is 2.48. The summed E-state index contributed by atoms with van der Waals surface area (Å²) in [5.74, 6) is 1.89. The Hall–Kier alpha value is -6.82. The van der Waals surface area contributed by atoms with E-state index in [0.29, 0.717) is 17.5 Å². The molecule has 0 aliphatic rings. The van der Waals surface area contributed by atoms with Crippen molar-refractivity contribution < 1.29 is 0 Å². The molecule has 3 aromatic heterocycles. The quantitative estimate of drug-likeness (QED) is 0.172. The molecule has 0 fully saturated rings. The fourth-order valence-electron chi connectivity index (χ4n) is 8.00. The summed E-state index contributed by atoms with van der Waals surface area (Å²) in [6, 6.07) is 56.1. The third-order valence-corrected chi connectivity index (χ3v) is 11.5. The number of nitrogens with zero attached hydrogens (tertiary/aromatic N) is 4. The molecule has 0 N–H and O–H groups in total. The van der Waals surface area contributed by atoms with Gasteiger partial charge in [-0.1, -0.05) is 133 Å². The van der Waals surface area contributed by atoms with Crippen molar-refractivity contribution in [1.82, 2.24) is 19.9 Å². The van der Waals surface area contributed by atoms with E-state index in [4.69, 9.17) is 15.0 Å². The largest absolute Gasteiger partial charge is 0.265 e. The average Bonchev–Trinajstić information content (AvgIpc) is 3.63. The molecule has 246 valence electrons. The van der Waals surface area contributed by atoms with Crippen LogP contribution in [0.2, 0.25) is 0 Å². The summed E-state index contributed by atoms with van der Waals surface area (Å²) in [6.07, 6.45) is 3.56. The molecule has 11 aromatic rings. The number of hydrogen-bond donors (Lipinski definition) is 0. The summed E-state index contributed by atoms with van der Waals surface area (Å²) in [6.45, 7) is 0. The van der Waals surface area contributed by atoms with E-state index < -0.39 is 0 Å². The Morgan fingerprint density at radius 2 is 0.811 bits per heavy atom. The lowest BCUT2D eigenvalue weighted by atomic mass is 9.90. The second-order valence-corrected chi connectivity index (χ2v) is 14.5. The van der Waals surface area contributed by atoms with Gasteiger partial charge < -0.3 is 0 Å². The van der Waals surface area contributed by atoms with Crippen molar-refractivity contribution in [3.8, 4) is 45.3 Å². The fourth-order valence-corrected chi connectivity index (χ4v) is 9.17. The van der Waals surface area contributed by atoms with E-state index in [0.717, 1.165) is 27.6 Å². The van der Waals surface area contributed by atoms with Gasteiger partial charge in [-0.2, -0.15) is 0 Å². The summed E-state index contributed by atoms with van der Waals surface area (Å²) in [4.78, 5) is 19.6. The molecule has 8 aromatic carbocycles. The van der Waals surface area contributed by atoms with Crippen molar-refractivity contribution in [2.75, 3.05) is 0 Å². The molecule has 0 unspecified atom stereocenters. The topological polar surface area (TPSA) is 51.6 Å². The smallest absolute Gasteiger partial charge is 0.164 e. The van der Waals surface area contributed by atoms with Gasteiger partial charge in [-0.25, -0.2) is 15.0 Å². The van der Waals surface area contributed by atoms with E-state index in [9.17, 15) is 0 Å². The van der Waals surface area contributed by atoms with E-state index in [1.807, 2.05) is 29.5 Å². The zero-order valence-electron chi connectivity index (χ0n) is 28.4. The number of thiophene rings is 1. The van der Waals surface area contributed by atoms with E-state index in [1.54, 1.807) is 12.4 Å². The van der Waals surface area contributed by atoms with Gasteiger partial charge in [0.2, 0.25) is 0 Å². The minimum absolute atomic E-state index is 0.615. The van der Waals surface area contributed by atoms with Crippen molar-refractivity contribution in [2.45, 2.75) is 0 Å². The summed E-state index contributed by atoms with van der Waals surface area (Å²) in [7, 11) is 0. The first-order valence-electron chi connectivity index (χ1n) is 17.7. The molecule has 0 saturated heterocycles. The molecule has 11 rings (SSSR count). The van der Waals surface area contributed by atoms with E-state index in [2.05, 4.69) is 145 Å². The Morgan fingerprint density at radius 3 is 1.49 bits per heavy atom. The molecule has 4 nitrogen and oxygen atoms in total. The summed E-state index contributed by atoms with van der Waals surface area (Å²) in [5.41, 5.74) is 5.13. The summed E-state index contributed by atoms with van der Waals surface area (Å²) < 4.78 is 2.47. The van der Waals surface area contributed by atoms with Crippen LogP contribution in [-0.2, 0) is 0 Å². The number of fused-ring (bicyclic) bond motifs is 12. The van der Waals surface area contributed by atoms with Crippen molar-refractivity contribution in [3.05, 3.63) is 170 Å². The zero-order chi connectivity index (χ0) is 34.9. The molecule has 0 saturated carbocycles. The van der Waals surface area contributed by atoms with Crippen LogP contribution in [0, 0.1) is 0 Å². The Labute approximate surface area is 308 Å². The zero-order valence-corrected chi connectivity index (χ0v) is 29.2. The molecule has 5 heteroatoms. The second-order valence-electron chi connectivity index (χ2n) is 13.4. The van der Waals surface area contributed by atoms with Gasteiger partial charge >= 0.3 is 0 Å². The van der Waals surface area contributed by atoms with Gasteiger partial charge in [-0.3, -0.25) is 4.98 Å². The molecule has 0 radical (unpaired) electrons. The molecule has 0 amide bonds. The third kappa shape index (κ3) is 4.75. The molecule has 0 bridgehead atoms. The average molecular weight is 693 g/mol. The Balaban J connectivity index is 1.19. The van der Waals surface area contributed by atoms with Crippen molar-refractivity contribution in [2.24, 2.45) is 0 Å². The highest BCUT2D eigenvalue weighted by atomic mass is 32.1. The molecule has 0 aliphatic carbocycles. The number of rotatable bonds is 4. The van der Waals surface area contributed by atoms with Gasteiger partial charge in [0.1, 0.15) is 0 Å². The molecule has 3 heterocycles. The third-order valence-electron chi connectivity index (χ3n) is 10.4. The van der Waals surface area contributed by atoms with Crippen LogP contribution < -0.4 is 0 Å². The summed E-state index contributed by atoms with van der Waals surface area (Å²) >= 11 is 1.84. The van der Waals surface area contributed by atoms with Crippen LogP contribution in [0.4, 0.5) is 0 Å². The van der Waals surface area contributed by atoms with Gasteiger partial charge in [0.05, 0.1) is 0 Å². The first kappa shape index (κ1) is 29.9. The van der Waals surface area contributed by atoms with Gasteiger partial charge in [0.15, 0.2) is 17.5 Å². The highest BCUT2D eigenvalue weighted by Gasteiger charge is 2.20. The van der Waals surface area contributed by atoms with Crippen LogP contribution in [0.3, 0.4) is 0 Å². The SMILES string of the molecule is c1ccc(-c2ccc(-c3nc(-c4ccncc4)nc(-c4cc5sc6ccc7c8ccccc8c8ccccc8c7c6c5c5ccccc45)n3)cc2)cc1. The monoisotopic (exact) mass is 692 g/mol. The summed E-state index contributed by atoms with van der Waals surface area (Å²) in [5, 5.41) is 12.6. The number of aromatic nitrogens is 4. The van der Waals surface area contributed by atoms with Crippen LogP contribution in [-0.4, -0.2) is 19.9 Å². The fraction of sp³-hybridized carbons (Fsp3) is 0. The number of benzene rings is 8. The van der Waals surface area contributed by atoms with Crippen molar-refractivity contribution >= 4 is 74.6 Å².